The van der Waals surface area contributed by atoms with Gasteiger partial charge in [-0.2, -0.15) is 0 Å². The molecule has 1 aromatic carbocycles. The van der Waals surface area contributed by atoms with Crippen LogP contribution in [0, 0.1) is 5.92 Å². The Morgan fingerprint density at radius 2 is 1.95 bits per heavy atom. The normalized spacial score (nSPS) is 14.1. The maximum atomic E-state index is 12.8. The average Bonchev–Trinajstić information content (AvgIpc) is 2.49. The van der Waals surface area contributed by atoms with Crippen molar-refractivity contribution in [3.8, 4) is 11.3 Å². The Morgan fingerprint density at radius 3 is 2.47 bits per heavy atom. The first-order valence-corrected chi connectivity index (χ1v) is 6.21. The zero-order valence-corrected chi connectivity index (χ0v) is 11.1. The van der Waals surface area contributed by atoms with Crippen LogP contribution in [-0.4, -0.2) is 23.8 Å². The second-order valence-corrected chi connectivity index (χ2v) is 4.50. The van der Waals surface area contributed by atoms with Gasteiger partial charge in [0.15, 0.2) is 0 Å². The highest BCUT2D eigenvalue weighted by Gasteiger charge is 2.18. The van der Waals surface area contributed by atoms with Gasteiger partial charge < -0.3 is 4.74 Å². The number of methoxy groups -OCH3 is 1. The number of aromatic nitrogens is 2. The van der Waals surface area contributed by atoms with Crippen molar-refractivity contribution in [2.24, 2.45) is 5.92 Å². The number of halogens is 1. The van der Waals surface area contributed by atoms with Gasteiger partial charge in [-0.1, -0.05) is 31.2 Å². The molecule has 0 fully saturated rings. The largest absolute Gasteiger partial charge is 0.376 e. The number of hydrogen-bond acceptors (Lipinski definition) is 3. The Balaban J connectivity index is 2.23. The van der Waals surface area contributed by atoms with E-state index in [9.17, 15) is 4.39 Å². The van der Waals surface area contributed by atoms with Gasteiger partial charge in [0.2, 0.25) is 0 Å². The summed E-state index contributed by atoms with van der Waals surface area (Å²) in [6, 6.07) is 7.81. The molecule has 2 atom stereocenters. The van der Waals surface area contributed by atoms with Crippen LogP contribution in [0.4, 0.5) is 4.39 Å². The number of nitrogens with zero attached hydrogens (tertiary/aromatic N) is 2. The molecule has 0 amide bonds. The zero-order valence-electron chi connectivity index (χ0n) is 11.1. The number of ether oxygens (including phenoxy) is 1. The Morgan fingerprint density at radius 1 is 1.21 bits per heavy atom. The SMILES string of the molecule is COC(c1ccc(-c2cnccn2)cc1)C(C)CF. The third-order valence-corrected chi connectivity index (χ3v) is 3.11. The lowest BCUT2D eigenvalue weighted by Crippen LogP contribution is -2.13. The van der Waals surface area contributed by atoms with Crippen LogP contribution in [-0.2, 0) is 4.74 Å². The van der Waals surface area contributed by atoms with E-state index in [4.69, 9.17) is 4.74 Å². The summed E-state index contributed by atoms with van der Waals surface area (Å²) >= 11 is 0. The van der Waals surface area contributed by atoms with Crippen molar-refractivity contribution >= 4 is 0 Å². The predicted molar refractivity (Wildman–Crippen MR) is 72.4 cm³/mol. The molecule has 0 N–H and O–H groups in total. The number of rotatable bonds is 5. The predicted octanol–water partition coefficient (Wildman–Crippen LogP) is 3.44. The van der Waals surface area contributed by atoms with Crippen LogP contribution in [0.25, 0.3) is 11.3 Å². The molecule has 0 aliphatic rings. The molecule has 19 heavy (non-hydrogen) atoms. The summed E-state index contributed by atoms with van der Waals surface area (Å²) in [5, 5.41) is 0. The highest BCUT2D eigenvalue weighted by atomic mass is 19.1. The molecule has 2 rings (SSSR count). The second-order valence-electron chi connectivity index (χ2n) is 4.50. The first kappa shape index (κ1) is 13.6. The van der Waals surface area contributed by atoms with Gasteiger partial charge in [0, 0.05) is 31.0 Å². The smallest absolute Gasteiger partial charge is 0.0948 e. The molecule has 2 unspecified atom stereocenters. The van der Waals surface area contributed by atoms with Crippen LogP contribution < -0.4 is 0 Å². The molecule has 100 valence electrons. The van der Waals surface area contributed by atoms with Crippen LogP contribution in [0.2, 0.25) is 0 Å². The summed E-state index contributed by atoms with van der Waals surface area (Å²) in [6.07, 6.45) is 4.79. The van der Waals surface area contributed by atoms with E-state index in [1.165, 1.54) is 0 Å². The average molecular weight is 260 g/mol. The summed E-state index contributed by atoms with van der Waals surface area (Å²) in [7, 11) is 1.60. The van der Waals surface area contributed by atoms with Crippen LogP contribution in [0.5, 0.6) is 0 Å². The fourth-order valence-electron chi connectivity index (χ4n) is 2.07. The Bertz CT molecular complexity index is 501. The Labute approximate surface area is 112 Å². The Kier molecular flexibility index (Phi) is 4.58. The van der Waals surface area contributed by atoms with Gasteiger partial charge >= 0.3 is 0 Å². The molecule has 3 nitrogen and oxygen atoms in total. The quantitative estimate of drug-likeness (QED) is 0.826. The van der Waals surface area contributed by atoms with Gasteiger partial charge in [-0.05, 0) is 5.56 Å². The van der Waals surface area contributed by atoms with Gasteiger partial charge in [-0.25, -0.2) is 0 Å². The zero-order chi connectivity index (χ0) is 13.7. The topological polar surface area (TPSA) is 35.0 Å². The van der Waals surface area contributed by atoms with Gasteiger partial charge in [0.25, 0.3) is 0 Å². The molecule has 0 aliphatic carbocycles. The Hall–Kier alpha value is -1.81. The van der Waals surface area contributed by atoms with Crippen molar-refractivity contribution in [2.45, 2.75) is 13.0 Å². The minimum Gasteiger partial charge on any atom is -0.376 e. The van der Waals surface area contributed by atoms with Gasteiger partial charge in [0.05, 0.1) is 24.7 Å². The van der Waals surface area contributed by atoms with E-state index >= 15 is 0 Å². The summed E-state index contributed by atoms with van der Waals surface area (Å²) in [5.74, 6) is -0.160. The van der Waals surface area contributed by atoms with E-state index in [-0.39, 0.29) is 12.0 Å². The van der Waals surface area contributed by atoms with Crippen molar-refractivity contribution in [1.82, 2.24) is 9.97 Å². The molecule has 0 saturated carbocycles. The molecule has 0 bridgehead atoms. The van der Waals surface area contributed by atoms with Crippen molar-refractivity contribution in [2.75, 3.05) is 13.8 Å². The van der Waals surface area contributed by atoms with E-state index in [0.29, 0.717) is 0 Å². The molecular formula is C15H17FN2O. The van der Waals surface area contributed by atoms with Gasteiger partial charge in [-0.15, -0.1) is 0 Å². The highest BCUT2D eigenvalue weighted by Crippen LogP contribution is 2.27. The molecule has 2 aromatic rings. The summed E-state index contributed by atoms with van der Waals surface area (Å²) < 4.78 is 18.1. The molecule has 0 radical (unpaired) electrons. The number of hydrogen-bond donors (Lipinski definition) is 0. The van der Waals surface area contributed by atoms with Crippen LogP contribution in [0.15, 0.2) is 42.9 Å². The molecule has 0 aliphatic heterocycles. The van der Waals surface area contributed by atoms with Crippen molar-refractivity contribution in [1.29, 1.82) is 0 Å². The van der Waals surface area contributed by atoms with E-state index < -0.39 is 6.67 Å². The molecule has 1 heterocycles. The number of alkyl halides is 1. The lowest BCUT2D eigenvalue weighted by molar-refractivity contribution is 0.0479. The first-order chi connectivity index (χ1) is 9.26. The minimum absolute atomic E-state index is 0.160. The van der Waals surface area contributed by atoms with E-state index in [1.54, 1.807) is 25.7 Å². The van der Waals surface area contributed by atoms with Crippen molar-refractivity contribution in [3.05, 3.63) is 48.4 Å². The summed E-state index contributed by atoms with van der Waals surface area (Å²) in [5.41, 5.74) is 2.78. The molecule has 0 spiro atoms. The maximum absolute atomic E-state index is 12.8. The fraction of sp³-hybridized carbons (Fsp3) is 0.333. The monoisotopic (exact) mass is 260 g/mol. The van der Waals surface area contributed by atoms with Crippen LogP contribution in [0.1, 0.15) is 18.6 Å². The van der Waals surface area contributed by atoms with E-state index in [2.05, 4.69) is 9.97 Å². The fourth-order valence-corrected chi connectivity index (χ4v) is 2.07. The molecule has 1 aromatic heterocycles. The summed E-state index contributed by atoms with van der Waals surface area (Å²) in [4.78, 5) is 8.28. The molecule has 4 heteroatoms. The third-order valence-electron chi connectivity index (χ3n) is 3.11. The van der Waals surface area contributed by atoms with Gasteiger partial charge in [0.1, 0.15) is 0 Å². The lowest BCUT2D eigenvalue weighted by Gasteiger charge is -2.20. The third kappa shape index (κ3) is 3.15. The minimum atomic E-state index is -0.398. The van der Waals surface area contributed by atoms with Crippen LogP contribution >= 0.6 is 0 Å². The van der Waals surface area contributed by atoms with Crippen molar-refractivity contribution in [3.63, 3.8) is 0 Å². The van der Waals surface area contributed by atoms with E-state index in [0.717, 1.165) is 16.8 Å². The molecule has 0 saturated heterocycles. The number of benzene rings is 1. The standard InChI is InChI=1S/C15H17FN2O/c1-11(9-16)15(19-2)13-5-3-12(4-6-13)14-10-17-7-8-18-14/h3-8,10-11,15H,9H2,1-2H3. The second kappa shape index (κ2) is 6.38. The van der Waals surface area contributed by atoms with Gasteiger partial charge in [-0.3, -0.25) is 14.4 Å². The maximum Gasteiger partial charge on any atom is 0.0948 e. The van der Waals surface area contributed by atoms with Crippen molar-refractivity contribution < 1.29 is 9.13 Å². The first-order valence-electron chi connectivity index (χ1n) is 6.21. The highest BCUT2D eigenvalue weighted by molar-refractivity contribution is 5.58. The van der Waals surface area contributed by atoms with E-state index in [1.807, 2.05) is 31.2 Å². The lowest BCUT2D eigenvalue weighted by atomic mass is 9.97. The molecular weight excluding hydrogens is 243 g/mol. The van der Waals surface area contributed by atoms with Crippen LogP contribution in [0.3, 0.4) is 0 Å². The summed E-state index contributed by atoms with van der Waals surface area (Å²) in [6.45, 7) is 1.44.